The van der Waals surface area contributed by atoms with Gasteiger partial charge in [0.25, 0.3) is 0 Å². The van der Waals surface area contributed by atoms with Crippen molar-refractivity contribution < 1.29 is 9.47 Å². The minimum Gasteiger partial charge on any atom is -0.496 e. The first kappa shape index (κ1) is 20.1. The number of nitrogens with two attached hydrogens (primary N) is 1. The Kier molecular flexibility index (Phi) is 5.31. The first-order valence-electron chi connectivity index (χ1n) is 10.1. The maximum Gasteiger partial charge on any atom is 0.213 e. The summed E-state index contributed by atoms with van der Waals surface area (Å²) >= 11 is 0. The van der Waals surface area contributed by atoms with Gasteiger partial charge in [-0.1, -0.05) is 26.0 Å². The van der Waals surface area contributed by atoms with Crippen molar-refractivity contribution in [3.8, 4) is 22.8 Å². The van der Waals surface area contributed by atoms with E-state index in [-0.39, 0.29) is 6.04 Å². The summed E-state index contributed by atoms with van der Waals surface area (Å²) in [5.74, 6) is 1.73. The van der Waals surface area contributed by atoms with Gasteiger partial charge < -0.3 is 15.2 Å². The van der Waals surface area contributed by atoms with Gasteiger partial charge in [0, 0.05) is 29.1 Å². The third-order valence-electron chi connectivity index (χ3n) is 5.54. The van der Waals surface area contributed by atoms with Crippen molar-refractivity contribution in [3.05, 3.63) is 59.8 Å². The predicted molar refractivity (Wildman–Crippen MR) is 122 cm³/mol. The molecule has 0 fully saturated rings. The molecule has 0 amide bonds. The van der Waals surface area contributed by atoms with Crippen LogP contribution in [0.3, 0.4) is 0 Å². The molecule has 5 heteroatoms. The van der Waals surface area contributed by atoms with Crippen molar-refractivity contribution in [3.63, 3.8) is 0 Å². The van der Waals surface area contributed by atoms with Crippen LogP contribution in [0.4, 0.5) is 0 Å². The summed E-state index contributed by atoms with van der Waals surface area (Å²) in [5, 5.41) is 2.09. The molecule has 2 N–H and O–H groups in total. The van der Waals surface area contributed by atoms with Gasteiger partial charge in [-0.15, -0.1) is 0 Å². The van der Waals surface area contributed by atoms with Crippen molar-refractivity contribution >= 4 is 21.8 Å². The second kappa shape index (κ2) is 7.92. The minimum absolute atomic E-state index is 0.196. The van der Waals surface area contributed by atoms with Gasteiger partial charge in [-0.25, -0.2) is 4.98 Å². The summed E-state index contributed by atoms with van der Waals surface area (Å²) < 4.78 is 11.0. The van der Waals surface area contributed by atoms with Crippen molar-refractivity contribution in [1.29, 1.82) is 0 Å². The fourth-order valence-electron chi connectivity index (χ4n) is 4.13. The maximum atomic E-state index is 6.48. The van der Waals surface area contributed by atoms with Crippen LogP contribution in [0.5, 0.6) is 11.6 Å². The van der Waals surface area contributed by atoms with E-state index in [9.17, 15) is 0 Å². The predicted octanol–water partition coefficient (Wildman–Crippen LogP) is 5.61. The largest absolute Gasteiger partial charge is 0.496 e. The zero-order valence-electron chi connectivity index (χ0n) is 18.1. The normalized spacial score (nSPS) is 12.5. The lowest BCUT2D eigenvalue weighted by molar-refractivity contribution is 0.399. The van der Waals surface area contributed by atoms with Crippen LogP contribution in [0.1, 0.15) is 43.9 Å². The molecule has 0 aliphatic rings. The number of aromatic nitrogens is 2. The van der Waals surface area contributed by atoms with Crippen molar-refractivity contribution in [2.75, 3.05) is 14.2 Å². The van der Waals surface area contributed by atoms with Gasteiger partial charge in [-0.05, 0) is 59.4 Å². The van der Waals surface area contributed by atoms with E-state index in [1.165, 1.54) is 5.56 Å². The fraction of sp³-hybridized carbons (Fsp3) is 0.280. The molecule has 5 nitrogen and oxygen atoms in total. The Labute approximate surface area is 176 Å². The highest BCUT2D eigenvalue weighted by molar-refractivity contribution is 5.96. The number of methoxy groups -OCH3 is 2. The van der Waals surface area contributed by atoms with E-state index in [2.05, 4.69) is 43.1 Å². The molecule has 0 spiro atoms. The minimum atomic E-state index is -0.196. The number of hydrogen-bond acceptors (Lipinski definition) is 5. The van der Waals surface area contributed by atoms with E-state index < -0.39 is 0 Å². The molecular weight excluding hydrogens is 374 g/mol. The smallest absolute Gasteiger partial charge is 0.213 e. The molecule has 0 saturated heterocycles. The van der Waals surface area contributed by atoms with Gasteiger partial charge in [0.1, 0.15) is 5.75 Å². The van der Waals surface area contributed by atoms with Crippen LogP contribution in [0.15, 0.2) is 48.7 Å². The lowest BCUT2D eigenvalue weighted by Gasteiger charge is -2.20. The first-order chi connectivity index (χ1) is 14.4. The molecule has 0 aliphatic heterocycles. The number of benzene rings is 2. The number of ether oxygens (including phenoxy) is 2. The Morgan fingerprint density at radius 1 is 0.900 bits per heavy atom. The van der Waals surface area contributed by atoms with E-state index >= 15 is 0 Å². The van der Waals surface area contributed by atoms with Gasteiger partial charge in [-0.3, -0.25) is 4.98 Å². The van der Waals surface area contributed by atoms with Crippen LogP contribution in [0, 0.1) is 0 Å². The molecule has 2 aromatic heterocycles. The topological polar surface area (TPSA) is 70.3 Å². The van der Waals surface area contributed by atoms with Crippen LogP contribution < -0.4 is 15.2 Å². The lowest BCUT2D eigenvalue weighted by atomic mass is 9.88. The molecule has 0 aliphatic carbocycles. The van der Waals surface area contributed by atoms with Crippen LogP contribution in [-0.2, 0) is 0 Å². The Hall–Kier alpha value is -3.18. The Balaban J connectivity index is 2.08. The summed E-state index contributed by atoms with van der Waals surface area (Å²) in [5.41, 5.74) is 12.7. The van der Waals surface area contributed by atoms with Crippen LogP contribution in [-0.4, -0.2) is 24.2 Å². The van der Waals surface area contributed by atoms with E-state index in [4.69, 9.17) is 20.2 Å². The first-order valence-corrected chi connectivity index (χ1v) is 10.1. The highest BCUT2D eigenvalue weighted by Crippen LogP contribution is 2.40. The molecule has 1 unspecified atom stereocenters. The number of hydrogen-bond donors (Lipinski definition) is 1. The summed E-state index contributed by atoms with van der Waals surface area (Å²) in [6.07, 6.45) is 1.76. The van der Waals surface area contributed by atoms with Gasteiger partial charge in [-0.2, -0.15) is 0 Å². The molecule has 1 atom stereocenters. The fourth-order valence-corrected chi connectivity index (χ4v) is 4.13. The summed E-state index contributed by atoms with van der Waals surface area (Å²) in [6, 6.07) is 14.2. The van der Waals surface area contributed by atoms with Gasteiger partial charge in [0.15, 0.2) is 0 Å². The zero-order chi connectivity index (χ0) is 21.4. The average molecular weight is 402 g/mol. The SMILES string of the molecule is COc1ccc2c(C(C)C)cc(-c3ccc4nccc(OC)c4c3C(C)N)cc2n1. The highest BCUT2D eigenvalue weighted by Gasteiger charge is 2.19. The number of pyridine rings is 2. The number of fused-ring (bicyclic) bond motifs is 2. The molecule has 0 radical (unpaired) electrons. The Morgan fingerprint density at radius 3 is 2.37 bits per heavy atom. The molecule has 0 bridgehead atoms. The van der Waals surface area contributed by atoms with Gasteiger partial charge in [0.05, 0.1) is 25.3 Å². The van der Waals surface area contributed by atoms with Crippen molar-refractivity contribution in [2.24, 2.45) is 5.73 Å². The summed E-state index contributed by atoms with van der Waals surface area (Å²) in [6.45, 7) is 6.39. The van der Waals surface area contributed by atoms with Gasteiger partial charge in [0.2, 0.25) is 5.88 Å². The molecule has 2 heterocycles. The number of rotatable bonds is 5. The molecule has 2 aromatic carbocycles. The maximum absolute atomic E-state index is 6.48. The van der Waals surface area contributed by atoms with E-state index in [0.717, 1.165) is 44.2 Å². The summed E-state index contributed by atoms with van der Waals surface area (Å²) in [4.78, 5) is 9.22. The highest BCUT2D eigenvalue weighted by atomic mass is 16.5. The molecule has 154 valence electrons. The monoisotopic (exact) mass is 401 g/mol. The van der Waals surface area contributed by atoms with Crippen LogP contribution >= 0.6 is 0 Å². The molecular formula is C25H27N3O2. The van der Waals surface area contributed by atoms with Crippen LogP contribution in [0.2, 0.25) is 0 Å². The lowest BCUT2D eigenvalue weighted by Crippen LogP contribution is -2.09. The zero-order valence-corrected chi connectivity index (χ0v) is 18.1. The number of nitrogens with zero attached hydrogens (tertiary/aromatic N) is 2. The standard InChI is InChI=1S/C25H27N3O2/c1-14(2)19-12-16(13-21-18(19)7-9-23(28-21)30-5)17-6-8-20-25(24(17)15(3)26)22(29-4)10-11-27-20/h6-15H,26H2,1-5H3. The molecule has 30 heavy (non-hydrogen) atoms. The molecule has 4 aromatic rings. The molecule has 0 saturated carbocycles. The Bertz CT molecular complexity index is 1230. The third kappa shape index (κ3) is 3.35. The summed E-state index contributed by atoms with van der Waals surface area (Å²) in [7, 11) is 3.31. The van der Waals surface area contributed by atoms with E-state index in [0.29, 0.717) is 11.8 Å². The van der Waals surface area contributed by atoms with Gasteiger partial charge >= 0.3 is 0 Å². The quantitative estimate of drug-likeness (QED) is 0.471. The van der Waals surface area contributed by atoms with Crippen molar-refractivity contribution in [1.82, 2.24) is 9.97 Å². The Morgan fingerprint density at radius 2 is 1.70 bits per heavy atom. The second-order valence-electron chi connectivity index (χ2n) is 7.86. The van der Waals surface area contributed by atoms with Crippen LogP contribution in [0.25, 0.3) is 32.9 Å². The average Bonchev–Trinajstić information content (AvgIpc) is 2.76. The molecule has 4 rings (SSSR count). The van der Waals surface area contributed by atoms with E-state index in [1.54, 1.807) is 20.4 Å². The van der Waals surface area contributed by atoms with E-state index in [1.807, 2.05) is 25.1 Å². The van der Waals surface area contributed by atoms with Crippen molar-refractivity contribution in [2.45, 2.75) is 32.7 Å². The second-order valence-corrected chi connectivity index (χ2v) is 7.86. The third-order valence-corrected chi connectivity index (χ3v) is 5.54.